The van der Waals surface area contributed by atoms with Gasteiger partial charge < -0.3 is 10.1 Å². The second-order valence-corrected chi connectivity index (χ2v) is 7.40. The van der Waals surface area contributed by atoms with E-state index in [2.05, 4.69) is 37.2 Å². The minimum atomic E-state index is -0.565. The van der Waals surface area contributed by atoms with Crippen LogP contribution in [0.1, 0.15) is 32.4 Å². The lowest BCUT2D eigenvalue weighted by atomic mass is 10.1. The third-order valence-corrected chi connectivity index (χ3v) is 3.54. The van der Waals surface area contributed by atoms with Gasteiger partial charge in [0.2, 0.25) is 5.91 Å². The third-order valence-electron chi connectivity index (χ3n) is 2.56. The van der Waals surface area contributed by atoms with E-state index in [1.165, 1.54) is 0 Å². The minimum absolute atomic E-state index is 0.0399. The molecular formula is C13H17Br2NO2. The predicted octanol–water partition coefficient (Wildman–Crippen LogP) is 3.81. The molecule has 0 heterocycles. The zero-order valence-electron chi connectivity index (χ0n) is 10.9. The molecular weight excluding hydrogens is 362 g/mol. The number of benzene rings is 1. The van der Waals surface area contributed by atoms with Gasteiger partial charge in [-0.15, -0.1) is 0 Å². The Morgan fingerprint density at radius 1 is 1.44 bits per heavy atom. The van der Waals surface area contributed by atoms with Gasteiger partial charge in [0.25, 0.3) is 0 Å². The van der Waals surface area contributed by atoms with E-state index in [-0.39, 0.29) is 11.9 Å². The lowest BCUT2D eigenvalue weighted by Gasteiger charge is -2.21. The quantitative estimate of drug-likeness (QED) is 0.809. The molecule has 1 amide bonds. The van der Waals surface area contributed by atoms with E-state index >= 15 is 0 Å². The molecule has 0 aliphatic carbocycles. The Kier molecular flexibility index (Phi) is 5.22. The lowest BCUT2D eigenvalue weighted by molar-refractivity contribution is -0.123. The summed E-state index contributed by atoms with van der Waals surface area (Å²) in [6.07, 6.45) is 0. The maximum atomic E-state index is 11.9. The number of alkyl halides is 1. The highest BCUT2D eigenvalue weighted by atomic mass is 79.9. The molecule has 0 bridgehead atoms. The Labute approximate surface area is 125 Å². The number of carbonyl (C=O) groups excluding carboxylic acids is 1. The number of nitrogens with one attached hydrogen (secondary N) is 1. The van der Waals surface area contributed by atoms with Crippen LogP contribution < -0.4 is 10.1 Å². The topological polar surface area (TPSA) is 38.3 Å². The van der Waals surface area contributed by atoms with E-state index in [0.717, 1.165) is 15.8 Å². The Morgan fingerprint density at radius 2 is 2.06 bits per heavy atom. The van der Waals surface area contributed by atoms with Crippen molar-refractivity contribution < 1.29 is 9.53 Å². The van der Waals surface area contributed by atoms with Gasteiger partial charge in [0.15, 0.2) is 0 Å². The highest BCUT2D eigenvalue weighted by molar-refractivity contribution is 9.10. The standard InChI is InChI=1S/C13H17Br2NO2/c1-8(16-12(17)13(2,3)15)9-5-6-11(18-4)10(14)7-9/h5-8H,1-4H3,(H,16,17). The number of amides is 1. The normalized spacial score (nSPS) is 13.0. The number of rotatable bonds is 4. The monoisotopic (exact) mass is 377 g/mol. The van der Waals surface area contributed by atoms with Gasteiger partial charge in [-0.3, -0.25) is 4.79 Å². The van der Waals surface area contributed by atoms with Crippen LogP contribution in [0.4, 0.5) is 0 Å². The van der Waals surface area contributed by atoms with Crippen LogP contribution in [0.3, 0.4) is 0 Å². The summed E-state index contributed by atoms with van der Waals surface area (Å²) in [6.45, 7) is 5.59. The molecule has 0 aliphatic rings. The molecule has 1 N–H and O–H groups in total. The van der Waals surface area contributed by atoms with Crippen molar-refractivity contribution >= 4 is 37.8 Å². The molecule has 18 heavy (non-hydrogen) atoms. The van der Waals surface area contributed by atoms with Crippen molar-refractivity contribution in [1.29, 1.82) is 0 Å². The van der Waals surface area contributed by atoms with Crippen LogP contribution in [0.15, 0.2) is 22.7 Å². The Hall–Kier alpha value is -0.550. The van der Waals surface area contributed by atoms with Crippen molar-refractivity contribution in [3.8, 4) is 5.75 Å². The minimum Gasteiger partial charge on any atom is -0.496 e. The van der Waals surface area contributed by atoms with Crippen molar-refractivity contribution in [2.45, 2.75) is 31.1 Å². The second-order valence-electron chi connectivity index (χ2n) is 4.56. The number of hydrogen-bond donors (Lipinski definition) is 1. The summed E-state index contributed by atoms with van der Waals surface area (Å²) in [4.78, 5) is 11.9. The summed E-state index contributed by atoms with van der Waals surface area (Å²) >= 11 is 6.78. The van der Waals surface area contributed by atoms with Crippen molar-refractivity contribution in [1.82, 2.24) is 5.32 Å². The molecule has 1 aromatic carbocycles. The molecule has 0 radical (unpaired) electrons. The van der Waals surface area contributed by atoms with Crippen molar-refractivity contribution in [3.63, 3.8) is 0 Å². The fourth-order valence-corrected chi connectivity index (χ4v) is 2.08. The van der Waals surface area contributed by atoms with Crippen LogP contribution in [-0.4, -0.2) is 17.3 Å². The number of carbonyl (C=O) groups is 1. The van der Waals surface area contributed by atoms with E-state index < -0.39 is 4.32 Å². The first-order valence-corrected chi connectivity index (χ1v) is 7.17. The molecule has 0 fully saturated rings. The fourth-order valence-electron chi connectivity index (χ4n) is 1.40. The maximum absolute atomic E-state index is 11.9. The molecule has 1 unspecified atom stereocenters. The van der Waals surface area contributed by atoms with E-state index in [1.54, 1.807) is 7.11 Å². The fraction of sp³-hybridized carbons (Fsp3) is 0.462. The van der Waals surface area contributed by atoms with Gasteiger partial charge in [-0.05, 0) is 54.4 Å². The second kappa shape index (κ2) is 6.06. The SMILES string of the molecule is COc1ccc(C(C)NC(=O)C(C)(C)Br)cc1Br. The lowest BCUT2D eigenvalue weighted by Crippen LogP contribution is -2.38. The van der Waals surface area contributed by atoms with E-state index in [1.807, 2.05) is 39.0 Å². The highest BCUT2D eigenvalue weighted by Gasteiger charge is 2.25. The molecule has 5 heteroatoms. The van der Waals surface area contributed by atoms with Gasteiger partial charge >= 0.3 is 0 Å². The summed E-state index contributed by atoms with van der Waals surface area (Å²) in [5.74, 6) is 0.736. The smallest absolute Gasteiger partial charge is 0.236 e. The van der Waals surface area contributed by atoms with Crippen molar-refractivity contribution in [2.75, 3.05) is 7.11 Å². The molecule has 0 saturated carbocycles. The maximum Gasteiger partial charge on any atom is 0.236 e. The van der Waals surface area contributed by atoms with Crippen LogP contribution in [0, 0.1) is 0 Å². The van der Waals surface area contributed by atoms with Gasteiger partial charge in [-0.25, -0.2) is 0 Å². The first kappa shape index (κ1) is 15.5. The Bertz CT molecular complexity index is 441. The summed E-state index contributed by atoms with van der Waals surface area (Å²) in [5, 5.41) is 2.95. The summed E-state index contributed by atoms with van der Waals surface area (Å²) in [5.41, 5.74) is 1.02. The number of methoxy groups -OCH3 is 1. The summed E-state index contributed by atoms with van der Waals surface area (Å²) in [6, 6.07) is 5.71. The summed E-state index contributed by atoms with van der Waals surface area (Å²) in [7, 11) is 1.62. The molecule has 0 saturated heterocycles. The van der Waals surface area contributed by atoms with E-state index in [0.29, 0.717) is 0 Å². The van der Waals surface area contributed by atoms with Crippen LogP contribution >= 0.6 is 31.9 Å². The molecule has 1 rings (SSSR count). The van der Waals surface area contributed by atoms with Gasteiger partial charge in [0, 0.05) is 0 Å². The number of hydrogen-bond acceptors (Lipinski definition) is 2. The molecule has 0 spiro atoms. The predicted molar refractivity (Wildman–Crippen MR) is 80.3 cm³/mol. The average molecular weight is 379 g/mol. The van der Waals surface area contributed by atoms with Gasteiger partial charge in [-0.2, -0.15) is 0 Å². The van der Waals surface area contributed by atoms with E-state index in [4.69, 9.17) is 4.74 Å². The zero-order valence-corrected chi connectivity index (χ0v) is 14.1. The molecule has 0 aromatic heterocycles. The molecule has 1 aromatic rings. The van der Waals surface area contributed by atoms with Gasteiger partial charge in [0.05, 0.1) is 21.9 Å². The van der Waals surface area contributed by atoms with Gasteiger partial charge in [0.1, 0.15) is 5.75 Å². The third kappa shape index (κ3) is 3.99. The van der Waals surface area contributed by atoms with Crippen molar-refractivity contribution in [2.24, 2.45) is 0 Å². The number of ether oxygens (including phenoxy) is 1. The zero-order chi connectivity index (χ0) is 13.9. The first-order valence-electron chi connectivity index (χ1n) is 5.59. The van der Waals surface area contributed by atoms with Crippen LogP contribution in [0.25, 0.3) is 0 Å². The first-order chi connectivity index (χ1) is 8.25. The van der Waals surface area contributed by atoms with Crippen molar-refractivity contribution in [3.05, 3.63) is 28.2 Å². The van der Waals surface area contributed by atoms with Crippen LogP contribution in [0.2, 0.25) is 0 Å². The Morgan fingerprint density at radius 3 is 2.50 bits per heavy atom. The average Bonchev–Trinajstić information content (AvgIpc) is 2.27. The molecule has 0 aliphatic heterocycles. The Balaban J connectivity index is 2.82. The summed E-state index contributed by atoms with van der Waals surface area (Å²) < 4.78 is 5.49. The molecule has 100 valence electrons. The van der Waals surface area contributed by atoms with Gasteiger partial charge in [-0.1, -0.05) is 22.0 Å². The van der Waals surface area contributed by atoms with Crippen LogP contribution in [-0.2, 0) is 4.79 Å². The molecule has 3 nitrogen and oxygen atoms in total. The largest absolute Gasteiger partial charge is 0.496 e. The number of halogens is 2. The highest BCUT2D eigenvalue weighted by Crippen LogP contribution is 2.28. The van der Waals surface area contributed by atoms with Crippen LogP contribution in [0.5, 0.6) is 5.75 Å². The molecule has 1 atom stereocenters. The van der Waals surface area contributed by atoms with E-state index in [9.17, 15) is 4.79 Å².